The number of aromatic nitrogens is 2. The van der Waals surface area contributed by atoms with E-state index in [2.05, 4.69) is 15.5 Å². The summed E-state index contributed by atoms with van der Waals surface area (Å²) in [7, 11) is 0. The van der Waals surface area contributed by atoms with E-state index in [1.807, 2.05) is 0 Å². The molecule has 94 valence electrons. The van der Waals surface area contributed by atoms with Gasteiger partial charge in [-0.1, -0.05) is 5.16 Å². The summed E-state index contributed by atoms with van der Waals surface area (Å²) in [6, 6.07) is 4.80. The molecule has 1 amide bonds. The Kier molecular flexibility index (Phi) is 3.13. The van der Waals surface area contributed by atoms with Crippen molar-refractivity contribution in [1.82, 2.24) is 10.1 Å². The van der Waals surface area contributed by atoms with Crippen LogP contribution in [0.1, 0.15) is 22.1 Å². The summed E-state index contributed by atoms with van der Waals surface area (Å²) in [5.74, 6) is 0.525. The van der Waals surface area contributed by atoms with Gasteiger partial charge in [0.05, 0.1) is 17.9 Å². The number of amides is 1. The van der Waals surface area contributed by atoms with Crippen molar-refractivity contribution in [1.29, 1.82) is 0 Å². The van der Waals surface area contributed by atoms with Crippen molar-refractivity contribution in [2.24, 2.45) is 5.73 Å². The third-order valence-electron chi connectivity index (χ3n) is 2.34. The standard InChI is InChI=1S/C11H13N5O2/c1-6-15-10(16-18-6)5-14-9-3-2-7(11(13)17)4-8(9)12/h2-4,14H,5,12H2,1H3,(H2,13,17). The van der Waals surface area contributed by atoms with Crippen LogP contribution >= 0.6 is 0 Å². The zero-order valence-electron chi connectivity index (χ0n) is 9.80. The molecular formula is C11H13N5O2. The highest BCUT2D eigenvalue weighted by Crippen LogP contribution is 2.20. The lowest BCUT2D eigenvalue weighted by molar-refractivity contribution is 0.100. The van der Waals surface area contributed by atoms with E-state index in [-0.39, 0.29) is 0 Å². The van der Waals surface area contributed by atoms with Crippen molar-refractivity contribution in [3.63, 3.8) is 0 Å². The SMILES string of the molecule is Cc1nc(CNc2ccc(C(N)=O)cc2N)no1. The van der Waals surface area contributed by atoms with Gasteiger partial charge < -0.3 is 21.3 Å². The minimum atomic E-state index is -0.512. The number of nitrogens with zero attached hydrogens (tertiary/aromatic N) is 2. The second-order valence-electron chi connectivity index (χ2n) is 3.75. The number of nitrogens with one attached hydrogen (secondary N) is 1. The van der Waals surface area contributed by atoms with E-state index in [0.29, 0.717) is 35.2 Å². The molecule has 2 aromatic rings. The van der Waals surface area contributed by atoms with Crippen LogP contribution in [0.25, 0.3) is 0 Å². The first-order valence-electron chi connectivity index (χ1n) is 5.28. The molecule has 0 aliphatic carbocycles. The number of carbonyl (C=O) groups is 1. The summed E-state index contributed by atoms with van der Waals surface area (Å²) >= 11 is 0. The third kappa shape index (κ3) is 2.57. The first-order valence-corrected chi connectivity index (χ1v) is 5.28. The average Bonchev–Trinajstić information content (AvgIpc) is 2.73. The van der Waals surface area contributed by atoms with Gasteiger partial charge in [-0.15, -0.1) is 0 Å². The van der Waals surface area contributed by atoms with Crippen LogP contribution in [0, 0.1) is 6.92 Å². The van der Waals surface area contributed by atoms with E-state index >= 15 is 0 Å². The Morgan fingerprint density at radius 2 is 2.28 bits per heavy atom. The molecule has 1 heterocycles. The minimum absolute atomic E-state index is 0.369. The molecule has 1 aromatic heterocycles. The lowest BCUT2D eigenvalue weighted by Crippen LogP contribution is -2.12. The zero-order chi connectivity index (χ0) is 13.1. The Morgan fingerprint density at radius 3 is 2.83 bits per heavy atom. The minimum Gasteiger partial charge on any atom is -0.397 e. The van der Waals surface area contributed by atoms with Gasteiger partial charge >= 0.3 is 0 Å². The van der Waals surface area contributed by atoms with E-state index in [0.717, 1.165) is 0 Å². The Morgan fingerprint density at radius 1 is 1.50 bits per heavy atom. The highest BCUT2D eigenvalue weighted by Gasteiger charge is 2.06. The number of anilines is 2. The summed E-state index contributed by atoms with van der Waals surface area (Å²) in [4.78, 5) is 15.0. The summed E-state index contributed by atoms with van der Waals surface area (Å²) < 4.78 is 4.84. The van der Waals surface area contributed by atoms with Gasteiger partial charge in [-0.3, -0.25) is 4.79 Å². The molecule has 0 spiro atoms. The van der Waals surface area contributed by atoms with Crippen molar-refractivity contribution in [3.8, 4) is 0 Å². The van der Waals surface area contributed by atoms with Crippen LogP contribution in [-0.2, 0) is 6.54 Å². The van der Waals surface area contributed by atoms with Gasteiger partial charge in [0.25, 0.3) is 0 Å². The molecule has 7 nitrogen and oxygen atoms in total. The summed E-state index contributed by atoms with van der Waals surface area (Å²) in [5, 5.41) is 6.79. The zero-order valence-corrected chi connectivity index (χ0v) is 9.80. The number of hydrogen-bond acceptors (Lipinski definition) is 6. The normalized spacial score (nSPS) is 10.3. The Bertz CT molecular complexity index is 579. The molecule has 0 unspecified atom stereocenters. The third-order valence-corrected chi connectivity index (χ3v) is 2.34. The van der Waals surface area contributed by atoms with Gasteiger partial charge in [0.1, 0.15) is 0 Å². The quantitative estimate of drug-likeness (QED) is 0.683. The molecule has 2 rings (SSSR count). The molecule has 5 N–H and O–H groups in total. The van der Waals surface area contributed by atoms with Crippen LogP contribution in [0.15, 0.2) is 22.7 Å². The van der Waals surface area contributed by atoms with Crippen molar-refractivity contribution in [3.05, 3.63) is 35.5 Å². The predicted molar refractivity (Wildman–Crippen MR) is 65.7 cm³/mol. The molecule has 0 aliphatic rings. The van der Waals surface area contributed by atoms with Crippen molar-refractivity contribution >= 4 is 17.3 Å². The topological polar surface area (TPSA) is 120 Å². The molecule has 0 saturated heterocycles. The van der Waals surface area contributed by atoms with Gasteiger partial charge in [-0.2, -0.15) is 4.98 Å². The molecule has 0 atom stereocenters. The second kappa shape index (κ2) is 4.74. The Balaban J connectivity index is 2.08. The fourth-order valence-electron chi connectivity index (χ4n) is 1.46. The van der Waals surface area contributed by atoms with Crippen molar-refractivity contribution in [2.75, 3.05) is 11.1 Å². The molecule has 1 aromatic carbocycles. The fourth-order valence-corrected chi connectivity index (χ4v) is 1.46. The number of rotatable bonds is 4. The van der Waals surface area contributed by atoms with E-state index in [4.69, 9.17) is 16.0 Å². The van der Waals surface area contributed by atoms with E-state index < -0.39 is 5.91 Å². The van der Waals surface area contributed by atoms with E-state index in [1.165, 1.54) is 6.07 Å². The van der Waals surface area contributed by atoms with E-state index in [9.17, 15) is 4.79 Å². The maximum absolute atomic E-state index is 11.0. The molecule has 18 heavy (non-hydrogen) atoms. The van der Waals surface area contributed by atoms with Crippen LogP contribution in [0.4, 0.5) is 11.4 Å². The molecule has 7 heteroatoms. The number of hydrogen-bond donors (Lipinski definition) is 3. The summed E-state index contributed by atoms with van der Waals surface area (Å²) in [6.45, 7) is 2.10. The number of nitrogen functional groups attached to an aromatic ring is 1. The smallest absolute Gasteiger partial charge is 0.248 e. The molecular weight excluding hydrogens is 234 g/mol. The van der Waals surface area contributed by atoms with Crippen LogP contribution in [0.3, 0.4) is 0 Å². The van der Waals surface area contributed by atoms with Crippen LogP contribution in [-0.4, -0.2) is 16.0 Å². The lowest BCUT2D eigenvalue weighted by atomic mass is 10.1. The van der Waals surface area contributed by atoms with Gasteiger partial charge in [-0.05, 0) is 18.2 Å². The summed E-state index contributed by atoms with van der Waals surface area (Å²) in [5.41, 5.74) is 12.4. The largest absolute Gasteiger partial charge is 0.397 e. The van der Waals surface area contributed by atoms with Gasteiger partial charge in [0, 0.05) is 12.5 Å². The average molecular weight is 247 g/mol. The molecule has 0 saturated carbocycles. The molecule has 0 bridgehead atoms. The van der Waals surface area contributed by atoms with Crippen molar-refractivity contribution in [2.45, 2.75) is 13.5 Å². The van der Waals surface area contributed by atoms with Gasteiger partial charge in [0.15, 0.2) is 5.82 Å². The molecule has 0 aliphatic heterocycles. The van der Waals surface area contributed by atoms with Gasteiger partial charge in [-0.25, -0.2) is 0 Å². The maximum Gasteiger partial charge on any atom is 0.248 e. The first-order chi connectivity index (χ1) is 8.56. The van der Waals surface area contributed by atoms with E-state index in [1.54, 1.807) is 19.1 Å². The predicted octanol–water partition coefficient (Wildman–Crippen LogP) is 0.671. The van der Waals surface area contributed by atoms with Crippen LogP contribution < -0.4 is 16.8 Å². The van der Waals surface area contributed by atoms with Crippen molar-refractivity contribution < 1.29 is 9.32 Å². The summed E-state index contributed by atoms with van der Waals surface area (Å²) in [6.07, 6.45) is 0. The monoisotopic (exact) mass is 247 g/mol. The number of nitrogens with two attached hydrogens (primary N) is 2. The van der Waals surface area contributed by atoms with Crippen LogP contribution in [0.5, 0.6) is 0 Å². The lowest BCUT2D eigenvalue weighted by Gasteiger charge is -2.08. The highest BCUT2D eigenvalue weighted by molar-refractivity contribution is 5.94. The molecule has 0 radical (unpaired) electrons. The first kappa shape index (κ1) is 11.9. The van der Waals surface area contributed by atoms with Gasteiger partial charge in [0.2, 0.25) is 11.8 Å². The number of benzene rings is 1. The highest BCUT2D eigenvalue weighted by atomic mass is 16.5. The molecule has 0 fully saturated rings. The Hall–Kier alpha value is -2.57. The second-order valence-corrected chi connectivity index (χ2v) is 3.75. The maximum atomic E-state index is 11.0. The fraction of sp³-hybridized carbons (Fsp3) is 0.182. The Labute approximate surface area is 103 Å². The number of carbonyl (C=O) groups excluding carboxylic acids is 1. The number of primary amides is 1. The number of aryl methyl sites for hydroxylation is 1. The van der Waals surface area contributed by atoms with Crippen LogP contribution in [0.2, 0.25) is 0 Å².